The maximum atomic E-state index is 12.0. The van der Waals surface area contributed by atoms with Crippen molar-refractivity contribution in [2.75, 3.05) is 7.11 Å². The van der Waals surface area contributed by atoms with Crippen LogP contribution in [0.3, 0.4) is 0 Å². The van der Waals surface area contributed by atoms with Gasteiger partial charge in [-0.3, -0.25) is 4.98 Å². The van der Waals surface area contributed by atoms with Crippen molar-refractivity contribution in [1.29, 1.82) is 0 Å². The summed E-state index contributed by atoms with van der Waals surface area (Å²) in [5.41, 5.74) is -0.517. The first-order chi connectivity index (χ1) is 7.35. The molecule has 1 aromatic heterocycles. The van der Waals surface area contributed by atoms with Crippen LogP contribution >= 0.6 is 11.6 Å². The molecule has 16 heavy (non-hydrogen) atoms. The third-order valence-corrected chi connectivity index (χ3v) is 1.77. The lowest BCUT2D eigenvalue weighted by Crippen LogP contribution is -2.19. The molecule has 0 aromatic carbocycles. The molecule has 0 radical (unpaired) electrons. The number of rotatable bonds is 2. The molecule has 0 N–H and O–H groups in total. The Morgan fingerprint density at radius 2 is 2.06 bits per heavy atom. The fraction of sp³-hybridized carbons (Fsp3) is 0.250. The Hall–Kier alpha value is -1.50. The van der Waals surface area contributed by atoms with E-state index in [4.69, 9.17) is 11.6 Å². The van der Waals surface area contributed by atoms with Gasteiger partial charge >= 0.3 is 12.3 Å². The minimum atomic E-state index is -4.94. The first kappa shape index (κ1) is 12.6. The molecule has 0 aliphatic carbocycles. The summed E-state index contributed by atoms with van der Waals surface area (Å²) in [4.78, 5) is 14.5. The Bertz CT molecular complexity index is 408. The molecule has 8 heteroatoms. The highest BCUT2D eigenvalue weighted by Gasteiger charge is 2.34. The number of aromatic nitrogens is 1. The number of nitrogens with zero attached hydrogens (tertiary/aromatic N) is 1. The average Bonchev–Trinajstić information content (AvgIpc) is 2.14. The van der Waals surface area contributed by atoms with E-state index in [2.05, 4.69) is 14.5 Å². The van der Waals surface area contributed by atoms with Crippen LogP contribution in [-0.4, -0.2) is 24.4 Å². The fourth-order valence-corrected chi connectivity index (χ4v) is 1.15. The largest absolute Gasteiger partial charge is 0.573 e. The van der Waals surface area contributed by atoms with E-state index in [9.17, 15) is 18.0 Å². The maximum absolute atomic E-state index is 12.0. The lowest BCUT2D eigenvalue weighted by atomic mass is 10.2. The molecule has 0 saturated heterocycles. The number of carbonyl (C=O) groups is 1. The molecular formula is C8H5ClF3NO3. The third-order valence-electron chi connectivity index (χ3n) is 1.48. The van der Waals surface area contributed by atoms with Crippen LogP contribution in [0.1, 0.15) is 10.4 Å². The molecule has 0 aliphatic heterocycles. The second-order valence-corrected chi connectivity index (χ2v) is 2.94. The van der Waals surface area contributed by atoms with Crippen LogP contribution in [0.25, 0.3) is 0 Å². The van der Waals surface area contributed by atoms with Crippen molar-refractivity contribution in [2.24, 2.45) is 0 Å². The molecule has 0 fully saturated rings. The fourth-order valence-electron chi connectivity index (χ4n) is 0.919. The Morgan fingerprint density at radius 3 is 2.56 bits per heavy atom. The van der Waals surface area contributed by atoms with Gasteiger partial charge in [0.15, 0.2) is 5.75 Å². The van der Waals surface area contributed by atoms with Crippen LogP contribution in [0.4, 0.5) is 13.2 Å². The zero-order valence-corrected chi connectivity index (χ0v) is 8.59. The molecule has 1 heterocycles. The molecule has 0 bridgehead atoms. The highest BCUT2D eigenvalue weighted by atomic mass is 35.5. The number of hydrogen-bond acceptors (Lipinski definition) is 4. The number of carbonyl (C=O) groups excluding carboxylic acids is 1. The normalized spacial score (nSPS) is 11.1. The first-order valence-corrected chi connectivity index (χ1v) is 4.20. The van der Waals surface area contributed by atoms with Crippen LogP contribution in [-0.2, 0) is 4.74 Å². The van der Waals surface area contributed by atoms with E-state index in [-0.39, 0.29) is 5.02 Å². The van der Waals surface area contributed by atoms with E-state index in [0.717, 1.165) is 19.5 Å². The van der Waals surface area contributed by atoms with Gasteiger partial charge in [-0.1, -0.05) is 11.6 Å². The topological polar surface area (TPSA) is 48.4 Å². The van der Waals surface area contributed by atoms with Gasteiger partial charge in [0.25, 0.3) is 0 Å². The highest BCUT2D eigenvalue weighted by Crippen LogP contribution is 2.30. The summed E-state index contributed by atoms with van der Waals surface area (Å²) in [6.07, 6.45) is -3.20. The smallest absolute Gasteiger partial charge is 0.465 e. The van der Waals surface area contributed by atoms with Gasteiger partial charge in [-0.25, -0.2) is 4.79 Å². The van der Waals surface area contributed by atoms with Gasteiger partial charge in [-0.05, 0) is 0 Å². The van der Waals surface area contributed by atoms with Crippen LogP contribution in [0.15, 0.2) is 12.4 Å². The third kappa shape index (κ3) is 2.99. The van der Waals surface area contributed by atoms with Gasteiger partial charge in [-0.15, -0.1) is 13.2 Å². The highest BCUT2D eigenvalue weighted by molar-refractivity contribution is 6.33. The summed E-state index contributed by atoms with van der Waals surface area (Å²) >= 11 is 5.52. The molecule has 0 spiro atoms. The van der Waals surface area contributed by atoms with Crippen LogP contribution in [0, 0.1) is 0 Å². The minimum Gasteiger partial charge on any atom is -0.465 e. The van der Waals surface area contributed by atoms with Gasteiger partial charge in [-0.2, -0.15) is 0 Å². The van der Waals surface area contributed by atoms with Crippen molar-refractivity contribution in [3.8, 4) is 5.75 Å². The van der Waals surface area contributed by atoms with E-state index in [1.54, 1.807) is 0 Å². The van der Waals surface area contributed by atoms with Crippen molar-refractivity contribution in [2.45, 2.75) is 6.36 Å². The van der Waals surface area contributed by atoms with E-state index in [1.165, 1.54) is 0 Å². The van der Waals surface area contributed by atoms with Crippen molar-refractivity contribution < 1.29 is 27.4 Å². The zero-order valence-electron chi connectivity index (χ0n) is 7.84. The van der Waals surface area contributed by atoms with Crippen molar-refractivity contribution in [3.63, 3.8) is 0 Å². The van der Waals surface area contributed by atoms with Gasteiger partial charge in [0.2, 0.25) is 0 Å². The van der Waals surface area contributed by atoms with Crippen LogP contribution in [0.5, 0.6) is 5.75 Å². The quantitative estimate of drug-likeness (QED) is 0.762. The Morgan fingerprint density at radius 1 is 1.44 bits per heavy atom. The monoisotopic (exact) mass is 255 g/mol. The summed E-state index contributed by atoms with van der Waals surface area (Å²) in [5.74, 6) is -1.83. The molecule has 1 rings (SSSR count). The molecular weight excluding hydrogens is 251 g/mol. The lowest BCUT2D eigenvalue weighted by molar-refractivity contribution is -0.274. The first-order valence-electron chi connectivity index (χ1n) is 3.82. The number of alkyl halides is 3. The number of methoxy groups -OCH3 is 1. The number of hydrogen-bond donors (Lipinski definition) is 0. The van der Waals surface area contributed by atoms with Crippen molar-refractivity contribution >= 4 is 17.6 Å². The molecule has 0 aliphatic rings. The van der Waals surface area contributed by atoms with Gasteiger partial charge in [0, 0.05) is 6.20 Å². The summed E-state index contributed by atoms with van der Waals surface area (Å²) in [5, 5.41) is -0.284. The summed E-state index contributed by atoms with van der Waals surface area (Å²) in [7, 11) is 1.01. The molecule has 1 aromatic rings. The SMILES string of the molecule is COC(=O)c1c(Cl)cncc1OC(F)(F)F. The van der Waals surface area contributed by atoms with Gasteiger partial charge < -0.3 is 9.47 Å². The van der Waals surface area contributed by atoms with E-state index in [1.807, 2.05) is 0 Å². The minimum absolute atomic E-state index is 0.284. The predicted molar refractivity (Wildman–Crippen MR) is 47.3 cm³/mol. The summed E-state index contributed by atoms with van der Waals surface area (Å²) in [6, 6.07) is 0. The maximum Gasteiger partial charge on any atom is 0.573 e. The summed E-state index contributed by atoms with van der Waals surface area (Å²) in [6.45, 7) is 0. The molecule has 0 atom stereocenters. The Kier molecular flexibility index (Phi) is 3.58. The van der Waals surface area contributed by atoms with E-state index >= 15 is 0 Å². The van der Waals surface area contributed by atoms with E-state index < -0.39 is 23.6 Å². The Labute approximate surface area is 92.9 Å². The Balaban J connectivity index is 3.18. The molecule has 0 unspecified atom stereocenters. The van der Waals surface area contributed by atoms with Gasteiger partial charge in [0.1, 0.15) is 5.56 Å². The standard InChI is InChI=1S/C8H5ClF3NO3/c1-15-7(14)6-4(9)2-13-3-5(6)16-8(10,11)12/h2-3H,1H3. The summed E-state index contributed by atoms with van der Waals surface area (Å²) < 4.78 is 43.8. The number of ether oxygens (including phenoxy) is 2. The van der Waals surface area contributed by atoms with Crippen molar-refractivity contribution in [3.05, 3.63) is 23.0 Å². The second kappa shape index (κ2) is 4.56. The lowest BCUT2D eigenvalue weighted by Gasteiger charge is -2.12. The molecule has 0 saturated carbocycles. The molecule has 4 nitrogen and oxygen atoms in total. The second-order valence-electron chi connectivity index (χ2n) is 2.53. The van der Waals surface area contributed by atoms with E-state index in [0.29, 0.717) is 0 Å². The number of esters is 1. The zero-order chi connectivity index (χ0) is 12.3. The van der Waals surface area contributed by atoms with Crippen LogP contribution in [0.2, 0.25) is 5.02 Å². The number of halogens is 4. The molecule has 88 valence electrons. The average molecular weight is 256 g/mol. The number of pyridine rings is 1. The van der Waals surface area contributed by atoms with Gasteiger partial charge in [0.05, 0.1) is 18.3 Å². The van der Waals surface area contributed by atoms with Crippen LogP contribution < -0.4 is 4.74 Å². The predicted octanol–water partition coefficient (Wildman–Crippen LogP) is 2.42. The molecule has 0 amide bonds. The van der Waals surface area contributed by atoms with Crippen molar-refractivity contribution in [1.82, 2.24) is 4.98 Å².